The Morgan fingerprint density at radius 1 is 1.28 bits per heavy atom. The lowest BCUT2D eigenvalue weighted by atomic mass is 10.0. The van der Waals surface area contributed by atoms with Crippen LogP contribution < -0.4 is 14.4 Å². The van der Waals surface area contributed by atoms with E-state index in [2.05, 4.69) is 16.2 Å². The molecule has 9 nitrogen and oxygen atoms in total. The third kappa shape index (κ3) is 3.23. The highest BCUT2D eigenvalue weighted by Gasteiger charge is 2.32. The summed E-state index contributed by atoms with van der Waals surface area (Å²) in [7, 11) is 3.10. The summed E-state index contributed by atoms with van der Waals surface area (Å²) in [5, 5.41) is 23.8. The van der Waals surface area contributed by atoms with Crippen LogP contribution in [-0.2, 0) is 13.1 Å². The number of hydrogen-bond donors (Lipinski definition) is 1. The number of aromatic nitrogens is 4. The maximum absolute atomic E-state index is 10.9. The topological polar surface area (TPSA) is 109 Å². The molecule has 0 radical (unpaired) electrons. The predicted octanol–water partition coefficient (Wildman–Crippen LogP) is 2.20. The van der Waals surface area contributed by atoms with Crippen molar-refractivity contribution in [1.82, 2.24) is 19.7 Å². The number of rotatable bonds is 5. The monoisotopic (exact) mass is 392 g/mol. The molecule has 0 saturated heterocycles. The van der Waals surface area contributed by atoms with E-state index in [1.54, 1.807) is 25.7 Å². The standard InChI is InChI=1S/C20H20N6O3/c1-12-6-15(13-7-17(28-2)19(29-3)22-8-13)24-16-11-26(20(27)18(12)16)14-9-23-25(10-14)5-4-21/h6-10,20,27H,5,11H2,1-3H3. The minimum Gasteiger partial charge on any atom is -0.491 e. The fourth-order valence-electron chi connectivity index (χ4n) is 3.54. The number of nitriles is 1. The lowest BCUT2D eigenvalue weighted by Gasteiger charge is -2.20. The molecule has 3 aromatic heterocycles. The lowest BCUT2D eigenvalue weighted by Crippen LogP contribution is -2.20. The van der Waals surface area contributed by atoms with Crippen molar-refractivity contribution in [1.29, 1.82) is 5.26 Å². The molecule has 0 fully saturated rings. The van der Waals surface area contributed by atoms with Crippen LogP contribution in [0.4, 0.5) is 5.69 Å². The molecule has 1 N–H and O–H groups in total. The lowest BCUT2D eigenvalue weighted by molar-refractivity contribution is 0.181. The third-order valence-electron chi connectivity index (χ3n) is 4.93. The number of nitrogens with zero attached hydrogens (tertiary/aromatic N) is 6. The summed E-state index contributed by atoms with van der Waals surface area (Å²) in [6, 6.07) is 5.80. The van der Waals surface area contributed by atoms with Crippen LogP contribution in [0.1, 0.15) is 23.0 Å². The van der Waals surface area contributed by atoms with Crippen molar-refractivity contribution in [3.8, 4) is 29.0 Å². The zero-order chi connectivity index (χ0) is 20.5. The molecule has 9 heteroatoms. The maximum atomic E-state index is 10.9. The van der Waals surface area contributed by atoms with Crippen molar-refractivity contribution in [2.45, 2.75) is 26.2 Å². The molecule has 148 valence electrons. The molecule has 0 amide bonds. The van der Waals surface area contributed by atoms with E-state index in [0.29, 0.717) is 18.2 Å². The first-order valence-electron chi connectivity index (χ1n) is 8.98. The Hall–Kier alpha value is -3.64. The van der Waals surface area contributed by atoms with E-state index in [0.717, 1.165) is 33.8 Å². The van der Waals surface area contributed by atoms with Gasteiger partial charge in [-0.15, -0.1) is 0 Å². The molecule has 4 rings (SSSR count). The first-order valence-corrected chi connectivity index (χ1v) is 8.98. The number of hydrogen-bond acceptors (Lipinski definition) is 8. The van der Waals surface area contributed by atoms with Crippen molar-refractivity contribution in [3.63, 3.8) is 0 Å². The van der Waals surface area contributed by atoms with E-state index in [4.69, 9.17) is 19.7 Å². The number of methoxy groups -OCH3 is 2. The Kier molecular flexibility index (Phi) is 4.78. The quantitative estimate of drug-likeness (QED) is 0.704. The van der Waals surface area contributed by atoms with Crippen molar-refractivity contribution < 1.29 is 14.6 Å². The molecule has 4 heterocycles. The highest BCUT2D eigenvalue weighted by atomic mass is 16.5. The predicted molar refractivity (Wildman–Crippen MR) is 104 cm³/mol. The van der Waals surface area contributed by atoms with Gasteiger partial charge in [0.15, 0.2) is 12.0 Å². The zero-order valence-electron chi connectivity index (χ0n) is 16.3. The second-order valence-corrected chi connectivity index (χ2v) is 6.68. The number of aliphatic hydroxyl groups is 1. The van der Waals surface area contributed by atoms with E-state index in [-0.39, 0.29) is 6.54 Å². The van der Waals surface area contributed by atoms with Crippen LogP contribution in [0.25, 0.3) is 11.3 Å². The van der Waals surface area contributed by atoms with E-state index >= 15 is 0 Å². The zero-order valence-corrected chi connectivity index (χ0v) is 16.3. The van der Waals surface area contributed by atoms with Gasteiger partial charge in [-0.05, 0) is 24.6 Å². The molecule has 0 bridgehead atoms. The number of pyridine rings is 2. The van der Waals surface area contributed by atoms with Crippen LogP contribution in [0, 0.1) is 18.3 Å². The van der Waals surface area contributed by atoms with Crippen LogP contribution >= 0.6 is 0 Å². The third-order valence-corrected chi connectivity index (χ3v) is 4.93. The van der Waals surface area contributed by atoms with Gasteiger partial charge in [-0.3, -0.25) is 9.67 Å². The second-order valence-electron chi connectivity index (χ2n) is 6.68. The molecule has 1 aliphatic heterocycles. The SMILES string of the molecule is COc1cc(-c2cc(C)c3c(n2)CN(c2cnn(CC#N)c2)C3O)cnc1OC. The molecule has 1 aliphatic rings. The van der Waals surface area contributed by atoms with Crippen LogP contribution in [0.2, 0.25) is 0 Å². The van der Waals surface area contributed by atoms with Gasteiger partial charge in [0.2, 0.25) is 0 Å². The van der Waals surface area contributed by atoms with Crippen molar-refractivity contribution in [3.05, 3.63) is 47.5 Å². The molecule has 0 spiro atoms. The number of aryl methyl sites for hydroxylation is 1. The summed E-state index contributed by atoms with van der Waals surface area (Å²) < 4.78 is 12.1. The van der Waals surface area contributed by atoms with Gasteiger partial charge in [0.05, 0.1) is 50.1 Å². The summed E-state index contributed by atoms with van der Waals surface area (Å²) >= 11 is 0. The molecule has 1 atom stereocenters. The molecule has 1 unspecified atom stereocenters. The Balaban J connectivity index is 1.69. The van der Waals surface area contributed by atoms with Gasteiger partial charge in [-0.25, -0.2) is 4.98 Å². The average Bonchev–Trinajstić information content (AvgIpc) is 3.32. The van der Waals surface area contributed by atoms with Gasteiger partial charge in [-0.1, -0.05) is 0 Å². The van der Waals surface area contributed by atoms with Crippen LogP contribution in [0.5, 0.6) is 11.6 Å². The number of anilines is 1. The van der Waals surface area contributed by atoms with E-state index in [1.807, 2.05) is 24.0 Å². The minimum absolute atomic E-state index is 0.157. The van der Waals surface area contributed by atoms with Crippen LogP contribution in [0.3, 0.4) is 0 Å². The first kappa shape index (κ1) is 18.7. The second kappa shape index (κ2) is 7.41. The summed E-state index contributed by atoms with van der Waals surface area (Å²) in [5.74, 6) is 0.932. The summed E-state index contributed by atoms with van der Waals surface area (Å²) in [6.45, 7) is 2.54. The fourth-order valence-corrected chi connectivity index (χ4v) is 3.54. The molecular formula is C20H20N6O3. The van der Waals surface area contributed by atoms with Crippen molar-refractivity contribution in [2.75, 3.05) is 19.1 Å². The van der Waals surface area contributed by atoms with Crippen molar-refractivity contribution >= 4 is 5.69 Å². The first-order chi connectivity index (χ1) is 14.0. The van der Waals surface area contributed by atoms with Gasteiger partial charge in [0.1, 0.15) is 6.54 Å². The smallest absolute Gasteiger partial charge is 0.256 e. The summed E-state index contributed by atoms with van der Waals surface area (Å²) in [6.07, 6.45) is 4.24. The van der Waals surface area contributed by atoms with E-state index in [1.165, 1.54) is 11.8 Å². The number of ether oxygens (including phenoxy) is 2. The largest absolute Gasteiger partial charge is 0.491 e. The van der Waals surface area contributed by atoms with Crippen LogP contribution in [-0.4, -0.2) is 39.1 Å². The highest BCUT2D eigenvalue weighted by molar-refractivity contribution is 5.64. The van der Waals surface area contributed by atoms with Gasteiger partial charge in [0.25, 0.3) is 5.88 Å². The fraction of sp³-hybridized carbons (Fsp3) is 0.300. The Morgan fingerprint density at radius 2 is 2.10 bits per heavy atom. The maximum Gasteiger partial charge on any atom is 0.256 e. The molecule has 0 saturated carbocycles. The highest BCUT2D eigenvalue weighted by Crippen LogP contribution is 2.38. The molecule has 29 heavy (non-hydrogen) atoms. The Labute approximate surface area is 167 Å². The van der Waals surface area contributed by atoms with Crippen molar-refractivity contribution in [2.24, 2.45) is 0 Å². The van der Waals surface area contributed by atoms with Crippen LogP contribution in [0.15, 0.2) is 30.7 Å². The minimum atomic E-state index is -0.824. The summed E-state index contributed by atoms with van der Waals surface area (Å²) in [4.78, 5) is 10.9. The molecule has 3 aromatic rings. The van der Waals surface area contributed by atoms with Gasteiger partial charge >= 0.3 is 0 Å². The average molecular weight is 392 g/mol. The van der Waals surface area contributed by atoms with E-state index < -0.39 is 6.23 Å². The van der Waals surface area contributed by atoms with Gasteiger partial charge < -0.3 is 19.5 Å². The molecule has 0 aromatic carbocycles. The van der Waals surface area contributed by atoms with Gasteiger partial charge in [0, 0.05) is 23.5 Å². The number of aliphatic hydroxyl groups excluding tert-OH is 1. The van der Waals surface area contributed by atoms with E-state index in [9.17, 15) is 5.11 Å². The Morgan fingerprint density at radius 3 is 2.83 bits per heavy atom. The van der Waals surface area contributed by atoms with Gasteiger partial charge in [-0.2, -0.15) is 10.4 Å². The number of fused-ring (bicyclic) bond motifs is 1. The molecule has 0 aliphatic carbocycles. The summed E-state index contributed by atoms with van der Waals surface area (Å²) in [5.41, 5.74) is 4.77. The molecular weight excluding hydrogens is 372 g/mol. The normalized spacial score (nSPS) is 15.1. The Bertz CT molecular complexity index is 1100.